The van der Waals surface area contributed by atoms with Crippen LogP contribution in [0.2, 0.25) is 0 Å². The van der Waals surface area contributed by atoms with Crippen molar-refractivity contribution in [3.63, 3.8) is 0 Å². The minimum atomic E-state index is -1.33. The van der Waals surface area contributed by atoms with Crippen LogP contribution < -0.4 is 11.5 Å². The number of amides is 1. The molecule has 1 amide bonds. The molecule has 0 heterocycles. The monoisotopic (exact) mass is 232 g/mol. The lowest BCUT2D eigenvalue weighted by molar-refractivity contribution is 0.205. The summed E-state index contributed by atoms with van der Waals surface area (Å²) in [5.41, 5.74) is 10.2. The van der Waals surface area contributed by atoms with Gasteiger partial charge in [-0.25, -0.2) is 4.79 Å². The first-order valence-corrected chi connectivity index (χ1v) is 3.81. The highest BCUT2D eigenvalue weighted by Crippen LogP contribution is 2.10. The average molecular weight is 233 g/mol. The fourth-order valence-corrected chi connectivity index (χ4v) is 0.727. The lowest BCUT2D eigenvalue weighted by atomic mass is 10.3. The molecule has 0 aromatic heterocycles. The topological polar surface area (TPSA) is 89.3 Å². The average Bonchev–Trinajstić information content (AvgIpc) is 1.94. The molecule has 0 atom stereocenters. The number of anilines is 1. The second-order valence-electron chi connectivity index (χ2n) is 1.89. The maximum atomic E-state index is 8.78. The number of nitrogen functional groups attached to an aromatic ring is 1. The Bertz CT molecular complexity index is 223. The van der Waals surface area contributed by atoms with Crippen LogP contribution in [-0.2, 0) is 0 Å². The van der Waals surface area contributed by atoms with Gasteiger partial charge in [-0.3, -0.25) is 0 Å². The number of carbonyl (C=O) groups is 1. The summed E-state index contributed by atoms with van der Waals surface area (Å²) in [6.45, 7) is 0. The number of benzene rings is 1. The molecule has 0 unspecified atom stereocenters. The van der Waals surface area contributed by atoms with E-state index in [4.69, 9.17) is 15.6 Å². The maximum Gasteiger partial charge on any atom is 0.402 e. The molecule has 0 fully saturated rings. The number of hydrogen-bond acceptors (Lipinski definition) is 2. The van der Waals surface area contributed by atoms with Gasteiger partial charge in [-0.1, -0.05) is 15.9 Å². The van der Waals surface area contributed by atoms with Crippen molar-refractivity contribution < 1.29 is 9.90 Å². The van der Waals surface area contributed by atoms with E-state index in [0.717, 1.165) is 10.2 Å². The van der Waals surface area contributed by atoms with Gasteiger partial charge in [0.25, 0.3) is 0 Å². The highest BCUT2D eigenvalue weighted by Gasteiger charge is 1.81. The number of hydrogen-bond donors (Lipinski definition) is 3. The van der Waals surface area contributed by atoms with Gasteiger partial charge in [-0.15, -0.1) is 0 Å². The fraction of sp³-hybridized carbons (Fsp3) is 0. The third kappa shape index (κ3) is 6.88. The van der Waals surface area contributed by atoms with Gasteiger partial charge in [0, 0.05) is 10.2 Å². The molecule has 5 N–H and O–H groups in total. The molecular weight excluding hydrogens is 224 g/mol. The molecule has 66 valence electrons. The number of carboxylic acid groups (broad SMARTS) is 1. The molecule has 1 aromatic rings. The number of primary amides is 1. The molecule has 1 rings (SSSR count). The van der Waals surface area contributed by atoms with E-state index >= 15 is 0 Å². The Hall–Kier alpha value is -1.23. The summed E-state index contributed by atoms with van der Waals surface area (Å²) in [7, 11) is 0. The molecule has 0 saturated heterocycles. The number of rotatable bonds is 0. The number of nitrogens with two attached hydrogens (primary N) is 2. The third-order valence-corrected chi connectivity index (χ3v) is 1.40. The molecule has 4 nitrogen and oxygen atoms in total. The first-order valence-electron chi connectivity index (χ1n) is 3.02. The number of halogens is 1. The van der Waals surface area contributed by atoms with E-state index in [1.54, 1.807) is 0 Å². The Balaban J connectivity index is 0.000000261. The summed E-state index contributed by atoms with van der Waals surface area (Å²) in [5, 5.41) is 7.19. The van der Waals surface area contributed by atoms with Gasteiger partial charge >= 0.3 is 6.09 Å². The van der Waals surface area contributed by atoms with Crippen molar-refractivity contribution in [2.75, 3.05) is 5.73 Å². The van der Waals surface area contributed by atoms with Crippen LogP contribution in [0.1, 0.15) is 0 Å². The molecule has 0 spiro atoms. The van der Waals surface area contributed by atoms with Gasteiger partial charge in [0.15, 0.2) is 0 Å². The van der Waals surface area contributed by atoms with E-state index in [9.17, 15) is 0 Å². The molecule has 0 aliphatic rings. The predicted octanol–water partition coefficient (Wildman–Crippen LogP) is 1.65. The van der Waals surface area contributed by atoms with E-state index in [-0.39, 0.29) is 0 Å². The summed E-state index contributed by atoms with van der Waals surface area (Å²) in [6, 6.07) is 7.53. The van der Waals surface area contributed by atoms with Crippen molar-refractivity contribution in [2.24, 2.45) is 5.73 Å². The molecule has 1 aromatic carbocycles. The Labute approximate surface area is 78.3 Å². The van der Waals surface area contributed by atoms with E-state index in [1.807, 2.05) is 24.3 Å². The van der Waals surface area contributed by atoms with Crippen LogP contribution in [0.5, 0.6) is 0 Å². The van der Waals surface area contributed by atoms with E-state index in [1.165, 1.54) is 0 Å². The molecule has 0 aliphatic carbocycles. The molecule has 0 aliphatic heterocycles. The molecule has 0 radical (unpaired) electrons. The van der Waals surface area contributed by atoms with E-state index in [0.29, 0.717) is 0 Å². The second kappa shape index (κ2) is 5.42. The van der Waals surface area contributed by atoms with Crippen LogP contribution >= 0.6 is 15.9 Å². The minimum Gasteiger partial charge on any atom is -0.465 e. The molecular formula is C7H9BrN2O2. The first kappa shape index (κ1) is 10.8. The van der Waals surface area contributed by atoms with Crippen LogP contribution in [0.15, 0.2) is 28.7 Å². The quantitative estimate of drug-likeness (QED) is 0.595. The van der Waals surface area contributed by atoms with Gasteiger partial charge in [-0.05, 0) is 24.3 Å². The lowest BCUT2D eigenvalue weighted by Gasteiger charge is -1.88. The zero-order chi connectivity index (χ0) is 9.56. The standard InChI is InChI=1S/C6H6BrN.CH3NO2/c7-5-1-3-6(8)4-2-5;2-1(3)4/h1-4H,8H2;2H2,(H,3,4). The van der Waals surface area contributed by atoms with Crippen molar-refractivity contribution in [1.29, 1.82) is 0 Å². The van der Waals surface area contributed by atoms with Crippen LogP contribution in [0.3, 0.4) is 0 Å². The van der Waals surface area contributed by atoms with Crippen LogP contribution in [0.25, 0.3) is 0 Å². The van der Waals surface area contributed by atoms with Gasteiger partial charge in [0.1, 0.15) is 0 Å². The fourth-order valence-electron chi connectivity index (χ4n) is 0.463. The largest absolute Gasteiger partial charge is 0.465 e. The molecule has 12 heavy (non-hydrogen) atoms. The van der Waals surface area contributed by atoms with Gasteiger partial charge in [0.05, 0.1) is 0 Å². The summed E-state index contributed by atoms with van der Waals surface area (Å²) in [5.74, 6) is 0. The minimum absolute atomic E-state index is 0.799. The third-order valence-electron chi connectivity index (χ3n) is 0.870. The van der Waals surface area contributed by atoms with Crippen molar-refractivity contribution in [1.82, 2.24) is 0 Å². The summed E-state index contributed by atoms with van der Waals surface area (Å²) >= 11 is 3.29. The zero-order valence-corrected chi connectivity index (χ0v) is 7.78. The summed E-state index contributed by atoms with van der Waals surface area (Å²) < 4.78 is 1.06. The summed E-state index contributed by atoms with van der Waals surface area (Å²) in [6.07, 6.45) is -1.33. The van der Waals surface area contributed by atoms with Crippen molar-refractivity contribution in [2.45, 2.75) is 0 Å². The molecule has 5 heteroatoms. The first-order chi connectivity index (χ1) is 5.52. The van der Waals surface area contributed by atoms with Crippen LogP contribution in [0, 0.1) is 0 Å². The lowest BCUT2D eigenvalue weighted by Crippen LogP contribution is -2.03. The SMILES string of the molecule is NC(=O)O.Nc1ccc(Br)cc1. The Morgan fingerprint density at radius 3 is 1.92 bits per heavy atom. The van der Waals surface area contributed by atoms with E-state index < -0.39 is 6.09 Å². The maximum absolute atomic E-state index is 8.78. The van der Waals surface area contributed by atoms with Gasteiger partial charge in [-0.2, -0.15) is 0 Å². The van der Waals surface area contributed by atoms with Crippen LogP contribution in [-0.4, -0.2) is 11.2 Å². The predicted molar refractivity (Wildman–Crippen MR) is 50.8 cm³/mol. The highest BCUT2D eigenvalue weighted by molar-refractivity contribution is 9.10. The Morgan fingerprint density at radius 2 is 1.67 bits per heavy atom. The van der Waals surface area contributed by atoms with Gasteiger partial charge in [0.2, 0.25) is 0 Å². The van der Waals surface area contributed by atoms with E-state index in [2.05, 4.69) is 21.7 Å². The van der Waals surface area contributed by atoms with Crippen LogP contribution in [0.4, 0.5) is 10.5 Å². The van der Waals surface area contributed by atoms with Crippen molar-refractivity contribution in [3.8, 4) is 0 Å². The Morgan fingerprint density at radius 1 is 1.33 bits per heavy atom. The van der Waals surface area contributed by atoms with Crippen molar-refractivity contribution in [3.05, 3.63) is 28.7 Å². The normalized spacial score (nSPS) is 8.08. The Kier molecular flexibility index (Phi) is 4.87. The smallest absolute Gasteiger partial charge is 0.402 e. The molecule has 0 bridgehead atoms. The summed E-state index contributed by atoms with van der Waals surface area (Å²) in [4.78, 5) is 8.78. The zero-order valence-electron chi connectivity index (χ0n) is 6.20. The molecule has 0 saturated carbocycles. The second-order valence-corrected chi connectivity index (χ2v) is 2.81. The van der Waals surface area contributed by atoms with Crippen molar-refractivity contribution >= 4 is 27.7 Å². The van der Waals surface area contributed by atoms with Gasteiger partial charge < -0.3 is 16.6 Å². The highest BCUT2D eigenvalue weighted by atomic mass is 79.9.